The van der Waals surface area contributed by atoms with Gasteiger partial charge in [0.25, 0.3) is 0 Å². The molecule has 0 saturated carbocycles. The number of benzene rings is 1. The van der Waals surface area contributed by atoms with Crippen molar-refractivity contribution in [1.82, 2.24) is 30.7 Å². The fourth-order valence-corrected chi connectivity index (χ4v) is 3.64. The summed E-state index contributed by atoms with van der Waals surface area (Å²) in [7, 11) is 0. The van der Waals surface area contributed by atoms with Crippen LogP contribution in [0.3, 0.4) is 0 Å². The van der Waals surface area contributed by atoms with Gasteiger partial charge in [0, 0.05) is 13.1 Å². The normalized spacial score (nSPS) is 17.3. The Labute approximate surface area is 190 Å². The second-order valence-corrected chi connectivity index (χ2v) is 8.91. The van der Waals surface area contributed by atoms with Crippen molar-refractivity contribution in [3.63, 3.8) is 0 Å². The Morgan fingerprint density at radius 1 is 1.31 bits per heavy atom. The van der Waals surface area contributed by atoms with Gasteiger partial charge in [-0.25, -0.2) is 14.5 Å². The third-order valence-corrected chi connectivity index (χ3v) is 4.96. The van der Waals surface area contributed by atoms with Crippen LogP contribution >= 0.6 is 0 Å². The van der Waals surface area contributed by atoms with E-state index in [-0.39, 0.29) is 12.1 Å². The van der Waals surface area contributed by atoms with E-state index < -0.39 is 11.7 Å². The number of rotatable bonds is 6. The van der Waals surface area contributed by atoms with Crippen molar-refractivity contribution in [2.45, 2.75) is 71.7 Å². The van der Waals surface area contributed by atoms with Crippen LogP contribution in [-0.4, -0.2) is 45.5 Å². The lowest BCUT2D eigenvalue weighted by Crippen LogP contribution is -2.42. The van der Waals surface area contributed by atoms with Gasteiger partial charge in [-0.2, -0.15) is 5.10 Å². The Morgan fingerprint density at radius 2 is 2.06 bits per heavy atom. The van der Waals surface area contributed by atoms with Gasteiger partial charge < -0.3 is 20.7 Å². The van der Waals surface area contributed by atoms with Gasteiger partial charge in [-0.05, 0) is 53.0 Å². The van der Waals surface area contributed by atoms with Gasteiger partial charge in [-0.1, -0.05) is 30.3 Å². The van der Waals surface area contributed by atoms with Crippen molar-refractivity contribution >= 4 is 12.1 Å². The topological polar surface area (TPSA) is 105 Å². The summed E-state index contributed by atoms with van der Waals surface area (Å²) in [5.74, 6) is 2.39. The summed E-state index contributed by atoms with van der Waals surface area (Å²) in [5, 5.41) is 14.2. The first kappa shape index (κ1) is 23.6. The maximum absolute atomic E-state index is 12.4. The molecular formula is C23H35N7O2. The van der Waals surface area contributed by atoms with E-state index >= 15 is 0 Å². The van der Waals surface area contributed by atoms with Crippen molar-refractivity contribution in [2.24, 2.45) is 4.99 Å². The van der Waals surface area contributed by atoms with E-state index in [1.54, 1.807) is 0 Å². The number of hydrogen-bond donors (Lipinski definition) is 3. The minimum absolute atomic E-state index is 0.0386. The third kappa shape index (κ3) is 6.70. The molecule has 32 heavy (non-hydrogen) atoms. The Balaban J connectivity index is 1.75. The molecule has 2 heterocycles. The maximum atomic E-state index is 12.4. The van der Waals surface area contributed by atoms with Crippen LogP contribution in [0.15, 0.2) is 35.3 Å². The molecule has 0 fully saturated rings. The molecular weight excluding hydrogens is 406 g/mol. The van der Waals surface area contributed by atoms with Gasteiger partial charge >= 0.3 is 6.09 Å². The molecule has 1 aromatic carbocycles. The molecule has 1 aliphatic rings. The SMILES string of the molecule is CCNC(=NCC(NC(=O)OC(C)(C)C)c1ccccc1)NC1CCCn2nc(C)nc21. The Bertz CT molecular complexity index is 918. The van der Waals surface area contributed by atoms with E-state index in [1.165, 1.54) is 0 Å². The first-order valence-corrected chi connectivity index (χ1v) is 11.3. The number of aryl methyl sites for hydroxylation is 2. The summed E-state index contributed by atoms with van der Waals surface area (Å²) in [6.07, 6.45) is 1.52. The minimum atomic E-state index is -0.569. The number of aliphatic imine (C=N–C) groups is 1. The quantitative estimate of drug-likeness (QED) is 0.469. The summed E-state index contributed by atoms with van der Waals surface area (Å²) in [6.45, 7) is 11.4. The van der Waals surface area contributed by atoms with E-state index in [2.05, 4.69) is 26.0 Å². The highest BCUT2D eigenvalue weighted by atomic mass is 16.6. The highest BCUT2D eigenvalue weighted by Gasteiger charge is 2.25. The first-order valence-electron chi connectivity index (χ1n) is 11.3. The average Bonchev–Trinajstić information content (AvgIpc) is 3.11. The predicted octanol–water partition coefficient (Wildman–Crippen LogP) is 3.24. The lowest BCUT2D eigenvalue weighted by molar-refractivity contribution is 0.0505. The molecule has 9 heteroatoms. The van der Waals surface area contributed by atoms with E-state index in [4.69, 9.17) is 9.73 Å². The summed E-state index contributed by atoms with van der Waals surface area (Å²) in [6, 6.07) is 9.52. The zero-order chi connectivity index (χ0) is 23.1. The molecule has 174 valence electrons. The van der Waals surface area contributed by atoms with Crippen LogP contribution in [-0.2, 0) is 11.3 Å². The molecule has 2 atom stereocenters. The number of aromatic nitrogens is 3. The number of fused-ring (bicyclic) bond motifs is 1. The molecule has 1 amide bonds. The number of alkyl carbamates (subject to hydrolysis) is 1. The maximum Gasteiger partial charge on any atom is 0.408 e. The number of amides is 1. The highest BCUT2D eigenvalue weighted by molar-refractivity contribution is 5.80. The monoisotopic (exact) mass is 441 g/mol. The van der Waals surface area contributed by atoms with Crippen LogP contribution in [0.5, 0.6) is 0 Å². The van der Waals surface area contributed by atoms with Crippen LogP contribution in [0, 0.1) is 6.92 Å². The van der Waals surface area contributed by atoms with Crippen molar-refractivity contribution in [3.05, 3.63) is 47.5 Å². The molecule has 3 N–H and O–H groups in total. The largest absolute Gasteiger partial charge is 0.444 e. The van der Waals surface area contributed by atoms with Crippen LogP contribution in [0.25, 0.3) is 0 Å². The smallest absolute Gasteiger partial charge is 0.408 e. The number of carbonyl (C=O) groups excluding carboxylic acids is 1. The van der Waals surface area contributed by atoms with Crippen molar-refractivity contribution in [1.29, 1.82) is 0 Å². The fraction of sp³-hybridized carbons (Fsp3) is 0.565. The molecule has 1 aromatic heterocycles. The zero-order valence-electron chi connectivity index (χ0n) is 19.7. The molecule has 0 saturated heterocycles. The molecule has 0 bridgehead atoms. The van der Waals surface area contributed by atoms with E-state index in [9.17, 15) is 4.79 Å². The molecule has 0 radical (unpaired) electrons. The van der Waals surface area contributed by atoms with Crippen molar-refractivity contribution < 1.29 is 9.53 Å². The lowest BCUT2D eigenvalue weighted by Gasteiger charge is -2.26. The molecule has 2 aromatic rings. The molecule has 0 aliphatic carbocycles. The van der Waals surface area contributed by atoms with E-state index in [1.807, 2.05) is 69.6 Å². The standard InChI is InChI=1S/C23H35N7O2/c1-6-24-21(27-18-13-10-14-30-20(18)26-16(2)29-30)25-15-19(17-11-8-7-9-12-17)28-22(31)32-23(3,4)5/h7-9,11-12,18-19H,6,10,13-15H2,1-5H3,(H,28,31)(H2,24,25,27). The predicted molar refractivity (Wildman–Crippen MR) is 124 cm³/mol. The fourth-order valence-electron chi connectivity index (χ4n) is 3.64. The van der Waals surface area contributed by atoms with E-state index in [0.717, 1.165) is 43.1 Å². The van der Waals surface area contributed by atoms with Gasteiger partial charge in [0.05, 0.1) is 18.6 Å². The van der Waals surface area contributed by atoms with Crippen LogP contribution in [0.2, 0.25) is 0 Å². The average molecular weight is 442 g/mol. The van der Waals surface area contributed by atoms with Gasteiger partial charge in [-0.15, -0.1) is 0 Å². The number of hydrogen-bond acceptors (Lipinski definition) is 5. The Kier molecular flexibility index (Phi) is 7.71. The molecule has 1 aliphatic heterocycles. The number of nitrogens with one attached hydrogen (secondary N) is 3. The van der Waals surface area contributed by atoms with Gasteiger partial charge in [0.15, 0.2) is 5.96 Å². The number of ether oxygens (including phenoxy) is 1. The Hall–Kier alpha value is -3.10. The molecule has 0 spiro atoms. The van der Waals surface area contributed by atoms with Gasteiger partial charge in [-0.3, -0.25) is 4.99 Å². The van der Waals surface area contributed by atoms with Crippen LogP contribution < -0.4 is 16.0 Å². The van der Waals surface area contributed by atoms with Gasteiger partial charge in [0.2, 0.25) is 0 Å². The zero-order valence-corrected chi connectivity index (χ0v) is 19.7. The second-order valence-electron chi connectivity index (χ2n) is 8.91. The highest BCUT2D eigenvalue weighted by Crippen LogP contribution is 2.23. The Morgan fingerprint density at radius 3 is 2.75 bits per heavy atom. The number of nitrogens with zero attached hydrogens (tertiary/aromatic N) is 4. The van der Waals surface area contributed by atoms with E-state index in [0.29, 0.717) is 12.5 Å². The summed E-state index contributed by atoms with van der Waals surface area (Å²) >= 11 is 0. The molecule has 2 unspecified atom stereocenters. The number of carbonyl (C=O) groups is 1. The molecule has 3 rings (SSSR count). The van der Waals surface area contributed by atoms with Crippen molar-refractivity contribution in [3.8, 4) is 0 Å². The molecule has 9 nitrogen and oxygen atoms in total. The minimum Gasteiger partial charge on any atom is -0.444 e. The summed E-state index contributed by atoms with van der Waals surface area (Å²) in [4.78, 5) is 21.8. The third-order valence-electron chi connectivity index (χ3n) is 4.96. The first-order chi connectivity index (χ1) is 15.2. The van der Waals surface area contributed by atoms with Gasteiger partial charge in [0.1, 0.15) is 17.2 Å². The van der Waals surface area contributed by atoms with Crippen LogP contribution in [0.1, 0.15) is 69.8 Å². The van der Waals surface area contributed by atoms with Crippen LogP contribution in [0.4, 0.5) is 4.79 Å². The lowest BCUT2D eigenvalue weighted by atomic mass is 10.1. The van der Waals surface area contributed by atoms with Crippen molar-refractivity contribution in [2.75, 3.05) is 13.1 Å². The number of guanidine groups is 1. The second kappa shape index (κ2) is 10.5. The summed E-state index contributed by atoms with van der Waals surface area (Å²) < 4.78 is 7.43. The summed E-state index contributed by atoms with van der Waals surface area (Å²) in [5.41, 5.74) is 0.395.